The van der Waals surface area contributed by atoms with Gasteiger partial charge >= 0.3 is 18.1 Å². The zero-order valence-corrected chi connectivity index (χ0v) is 52.0. The van der Waals surface area contributed by atoms with Gasteiger partial charge in [0.2, 0.25) is 35.4 Å². The van der Waals surface area contributed by atoms with Crippen molar-refractivity contribution >= 4 is 94.4 Å². The van der Waals surface area contributed by atoms with E-state index in [0.717, 1.165) is 27.5 Å². The van der Waals surface area contributed by atoms with Crippen molar-refractivity contribution < 1.29 is 81.5 Å². The van der Waals surface area contributed by atoms with Crippen molar-refractivity contribution in [1.82, 2.24) is 41.7 Å². The highest BCUT2D eigenvalue weighted by Crippen LogP contribution is 2.49. The number of urea groups is 1. The minimum atomic E-state index is -1.95. The molecule has 4 bridgehead atoms. The Bertz CT molecular complexity index is 2820. The van der Waals surface area contributed by atoms with Gasteiger partial charge in [0.25, 0.3) is 11.8 Å². The van der Waals surface area contributed by atoms with Gasteiger partial charge < -0.3 is 76.6 Å². The Morgan fingerprint density at radius 1 is 0.966 bits per heavy atom. The van der Waals surface area contributed by atoms with Gasteiger partial charge in [0.1, 0.15) is 58.9 Å². The van der Waals surface area contributed by atoms with E-state index in [2.05, 4.69) is 31.9 Å². The number of unbranched alkanes of at least 4 members (excludes halogenated alkanes) is 1. The fourth-order valence-electron chi connectivity index (χ4n) is 10.1. The number of nitrogens with zero attached hydrogens (tertiary/aromatic N) is 3. The van der Waals surface area contributed by atoms with Crippen molar-refractivity contribution in [3.63, 3.8) is 0 Å². The molecule has 1 aromatic carbocycles. The highest BCUT2D eigenvalue weighted by Gasteiger charge is 2.64. The molecule has 5 rings (SSSR count). The summed E-state index contributed by atoms with van der Waals surface area (Å²) in [5, 5.41) is 27.4. The van der Waals surface area contributed by atoms with Gasteiger partial charge in [0.05, 0.1) is 31.7 Å². The Hall–Kier alpha value is -7.31. The topological polar surface area (TPSA) is 391 Å². The molecule has 4 heterocycles. The molecule has 0 aromatic heterocycles. The average Bonchev–Trinajstić information content (AvgIpc) is 1.61. The molecule has 4 aliphatic heterocycles. The Morgan fingerprint density at radius 3 is 2.26 bits per heavy atom. The lowest BCUT2D eigenvalue weighted by atomic mass is 9.83. The fourth-order valence-corrected chi connectivity index (χ4v) is 10.9. The van der Waals surface area contributed by atoms with Crippen molar-refractivity contribution in [2.45, 2.75) is 145 Å². The molecule has 87 heavy (non-hydrogen) atoms. The number of epoxide rings is 1. The molecule has 2 fully saturated rings. The molecule has 2 saturated heterocycles. The van der Waals surface area contributed by atoms with Crippen LogP contribution in [-0.4, -0.2) is 207 Å². The molecular weight excluding hydrogens is 1180 g/mol. The van der Waals surface area contributed by atoms with Gasteiger partial charge in [0.15, 0.2) is 5.72 Å². The quantitative estimate of drug-likeness (QED) is 0.0261. The largest absolute Gasteiger partial charge is 0.495 e. The first-order valence-corrected chi connectivity index (χ1v) is 30.2. The number of halogens is 1. The third-order valence-electron chi connectivity index (χ3n) is 15.5. The van der Waals surface area contributed by atoms with Crippen LogP contribution in [0.3, 0.4) is 0 Å². The van der Waals surface area contributed by atoms with Crippen molar-refractivity contribution in [3.8, 4) is 5.75 Å². The molecule has 0 spiro atoms. The van der Waals surface area contributed by atoms with Gasteiger partial charge in [-0.15, -0.1) is 0 Å². The molecule has 28 nitrogen and oxygen atoms in total. The number of esters is 1. The molecule has 1 aromatic rings. The minimum Gasteiger partial charge on any atom is -0.495 e. The van der Waals surface area contributed by atoms with E-state index in [-0.39, 0.29) is 68.3 Å². The number of thioether (sulfide) groups is 1. The summed E-state index contributed by atoms with van der Waals surface area (Å²) in [6.45, 7) is 6.53. The number of amides is 11. The number of imide groups is 1. The van der Waals surface area contributed by atoms with E-state index in [4.69, 9.17) is 46.8 Å². The summed E-state index contributed by atoms with van der Waals surface area (Å²) < 4.78 is 29.5. The Morgan fingerprint density at radius 2 is 1.62 bits per heavy atom. The minimum absolute atomic E-state index is 0.0165. The first-order chi connectivity index (χ1) is 41.1. The summed E-state index contributed by atoms with van der Waals surface area (Å²) >= 11 is 8.17. The number of nitrogens with one attached hydrogen (secondary N) is 6. The lowest BCUT2D eigenvalue weighted by Crippen LogP contribution is -2.63. The Balaban J connectivity index is 1.32. The SMILES string of the molecule is COc1cc2cc(c1Cl)N(C)C(=O)CC(OC(=O)[C@H](C)N(C)C(=O)N[C@@H](CCSC)C(=O)N[C@@H](CC(N)=O)C(=O)N[C@H](CCCCN)C(=O)NCCNC(=O)CCN1C(=O)C=CC1=O)C1(C)OC1C(C)C1CC(O)(NC(=O)O1)C(OC)/C=C/C=C(\C)C2. The normalized spacial score (nSPS) is 25.1. The van der Waals surface area contributed by atoms with Crippen LogP contribution in [0.25, 0.3) is 0 Å². The van der Waals surface area contributed by atoms with E-state index in [1.54, 1.807) is 50.5 Å². The van der Waals surface area contributed by atoms with Crippen LogP contribution in [0.4, 0.5) is 15.3 Å². The van der Waals surface area contributed by atoms with Gasteiger partial charge in [0, 0.05) is 71.8 Å². The van der Waals surface area contributed by atoms with Crippen LogP contribution in [0.1, 0.15) is 84.6 Å². The maximum Gasteiger partial charge on any atom is 0.409 e. The fraction of sp³-hybridized carbons (Fsp3) is 0.596. The highest BCUT2D eigenvalue weighted by atomic mass is 35.5. The second kappa shape index (κ2) is 32.1. The van der Waals surface area contributed by atoms with Crippen LogP contribution >= 0.6 is 23.4 Å². The molecule has 0 radical (unpaired) electrons. The van der Waals surface area contributed by atoms with Crippen molar-refractivity contribution in [1.29, 1.82) is 0 Å². The number of benzene rings is 1. The smallest absolute Gasteiger partial charge is 0.409 e. The van der Waals surface area contributed by atoms with Crippen LogP contribution in [0.2, 0.25) is 5.02 Å². The number of carbonyl (C=O) groups is 11. The number of anilines is 1. The van der Waals surface area contributed by atoms with Gasteiger partial charge in [-0.25, -0.2) is 14.4 Å². The molecule has 0 aliphatic carbocycles. The molecule has 4 aliphatic rings. The number of primary amides is 1. The number of aliphatic hydroxyl groups is 1. The second-order valence-electron chi connectivity index (χ2n) is 21.9. The van der Waals surface area contributed by atoms with Crippen LogP contribution < -0.4 is 53.0 Å². The summed E-state index contributed by atoms with van der Waals surface area (Å²) in [5.74, 6) is -6.81. The second-order valence-corrected chi connectivity index (χ2v) is 23.3. The first kappa shape index (κ1) is 70.5. The lowest BCUT2D eigenvalue weighted by molar-refractivity contribution is -0.158. The number of methoxy groups -OCH3 is 2. The third-order valence-corrected chi connectivity index (χ3v) is 16.5. The number of nitrogens with two attached hydrogens (primary N) is 2. The van der Waals surface area contributed by atoms with Crippen LogP contribution in [-0.2, 0) is 68.5 Å². The van der Waals surface area contributed by atoms with Crippen LogP contribution in [0.15, 0.2) is 48.1 Å². The van der Waals surface area contributed by atoms with Crippen LogP contribution in [0.5, 0.6) is 5.75 Å². The molecule has 480 valence electrons. The summed E-state index contributed by atoms with van der Waals surface area (Å²) in [6, 6.07) is -3.16. The Labute approximate surface area is 514 Å². The number of allylic oxidation sites excluding steroid dienone is 3. The number of carbonyl (C=O) groups excluding carboxylic acids is 11. The monoisotopic (exact) mass is 1260 g/mol. The zero-order chi connectivity index (χ0) is 64.5. The van der Waals surface area contributed by atoms with E-state index in [1.807, 2.05) is 6.92 Å². The first-order valence-electron chi connectivity index (χ1n) is 28.4. The number of hydrogen-bond donors (Lipinski definition) is 9. The van der Waals surface area contributed by atoms with Gasteiger partial charge in [-0.05, 0) is 89.1 Å². The lowest BCUT2D eigenvalue weighted by Gasteiger charge is -2.42. The molecule has 30 heteroatoms. The molecule has 11 atom stereocenters. The predicted octanol–water partition coefficient (Wildman–Crippen LogP) is 0.341. The molecule has 11 N–H and O–H groups in total. The van der Waals surface area contributed by atoms with Crippen molar-refractivity contribution in [3.05, 3.63) is 58.7 Å². The standard InChI is InChI=1S/C57H82ClN11O17S/c1-31-13-12-15-41(83-8)57(81)30-40(84-55(80)66-57)32(2)49-56(4,86-49)42(29-47(74)68(6)38-26-34(25-31)27-39(82-7)48(38)58)85-53(78)33(3)67(5)54(79)65-36(19-24-87-9)51(76)64-37(28-43(60)70)52(77)63-35(14-10-11-20-59)50(75)62-22-21-61-44(71)18-23-69-45(72)16-17-46(69)73/h12-13,15-17,26-27,32-33,35-37,40-42,49,81H,10-11,14,18-25,28-30,59H2,1-9H3,(H2,60,70)(H,61,71)(H,62,75)(H,63,77)(H,64,76)(H,65,79)(H,66,80)/b15-12+,31-13+/t32?,33-,35+,36-,37-,40?,41?,42?,49?,56?,57?/m0/s1. The number of fused-ring (bicyclic) bond motifs is 5. The number of ether oxygens (including phenoxy) is 5. The number of likely N-dealkylation sites (N-methyl/N-ethyl adjacent to an activating group) is 1. The number of alkyl carbamates (subject to hydrolysis) is 1. The summed E-state index contributed by atoms with van der Waals surface area (Å²) in [7, 11) is 5.57. The average molecular weight is 1260 g/mol. The molecular formula is C57H82ClN11O17S. The molecule has 11 amide bonds. The van der Waals surface area contributed by atoms with Crippen LogP contribution in [0, 0.1) is 5.92 Å². The van der Waals surface area contributed by atoms with E-state index < -0.39 is 144 Å². The third kappa shape index (κ3) is 19.1. The van der Waals surface area contributed by atoms with Gasteiger partial charge in [-0.3, -0.25) is 48.6 Å². The zero-order valence-electron chi connectivity index (χ0n) is 50.4. The van der Waals surface area contributed by atoms with E-state index in [9.17, 15) is 57.8 Å². The van der Waals surface area contributed by atoms with Crippen molar-refractivity contribution in [2.24, 2.45) is 17.4 Å². The van der Waals surface area contributed by atoms with Gasteiger partial charge in [-0.1, -0.05) is 42.3 Å². The van der Waals surface area contributed by atoms with E-state index in [1.165, 1.54) is 51.9 Å². The number of hydrogen-bond acceptors (Lipinski definition) is 19. The predicted molar refractivity (Wildman–Crippen MR) is 318 cm³/mol. The summed E-state index contributed by atoms with van der Waals surface area (Å²) in [4.78, 5) is 149. The maximum absolute atomic E-state index is 14.5. The summed E-state index contributed by atoms with van der Waals surface area (Å²) in [5.41, 5.74) is 9.69. The molecule has 0 saturated carbocycles. The maximum atomic E-state index is 14.5. The van der Waals surface area contributed by atoms with E-state index in [0.29, 0.717) is 30.6 Å². The van der Waals surface area contributed by atoms with Crippen molar-refractivity contribution in [2.75, 3.05) is 71.4 Å². The summed E-state index contributed by atoms with van der Waals surface area (Å²) in [6.07, 6.45) is 3.58. The Kier molecular flexibility index (Phi) is 26.0. The molecule has 7 unspecified atom stereocenters. The number of rotatable bonds is 26. The van der Waals surface area contributed by atoms with E-state index >= 15 is 0 Å². The van der Waals surface area contributed by atoms with Gasteiger partial charge in [-0.2, -0.15) is 11.8 Å². The highest BCUT2D eigenvalue weighted by molar-refractivity contribution is 7.98.